The molecule has 1 aliphatic heterocycles. The number of anilines is 1. The number of carbonyl (C=O) groups is 2. The second kappa shape index (κ2) is 10.3. The minimum atomic E-state index is -3.77. The number of rotatable bonds is 7. The smallest absolute Gasteiger partial charge is 0.339 e. The standard InChI is InChI=1S/C22H24FN3O7S/c1-14-6-8-17(34(31,32)25-10-4-3-5-11-25)13-18(14)22(28)33-15(2)21(27)24-16-7-9-19(23)20(12-16)26(29)30/h6-9,12-13,15H,3-5,10-11H2,1-2H3,(H,24,27). The molecule has 0 radical (unpaired) electrons. The lowest BCUT2D eigenvalue weighted by Gasteiger charge is -2.26. The lowest BCUT2D eigenvalue weighted by molar-refractivity contribution is -0.387. The lowest BCUT2D eigenvalue weighted by Crippen LogP contribution is -2.35. The van der Waals surface area contributed by atoms with Gasteiger partial charge in [-0.05, 0) is 56.5 Å². The molecule has 1 amide bonds. The van der Waals surface area contributed by atoms with Crippen LogP contribution in [0.4, 0.5) is 15.8 Å². The molecule has 12 heteroatoms. The van der Waals surface area contributed by atoms with Crippen molar-refractivity contribution in [2.75, 3.05) is 18.4 Å². The van der Waals surface area contributed by atoms with E-state index in [-0.39, 0.29) is 16.1 Å². The molecule has 0 bridgehead atoms. The van der Waals surface area contributed by atoms with Crippen molar-refractivity contribution in [1.29, 1.82) is 0 Å². The Morgan fingerprint density at radius 1 is 1.15 bits per heavy atom. The molecule has 0 aliphatic carbocycles. The van der Waals surface area contributed by atoms with Crippen LogP contribution in [-0.4, -0.2) is 48.7 Å². The summed E-state index contributed by atoms with van der Waals surface area (Å²) in [5, 5.41) is 13.2. The Hall–Kier alpha value is -3.38. The van der Waals surface area contributed by atoms with Crippen LogP contribution in [0.3, 0.4) is 0 Å². The fraction of sp³-hybridized carbons (Fsp3) is 0.364. The van der Waals surface area contributed by atoms with Gasteiger partial charge in [0.1, 0.15) is 0 Å². The lowest BCUT2D eigenvalue weighted by atomic mass is 10.1. The van der Waals surface area contributed by atoms with Crippen molar-refractivity contribution < 1.29 is 32.1 Å². The molecule has 2 aromatic carbocycles. The van der Waals surface area contributed by atoms with E-state index in [9.17, 15) is 32.5 Å². The molecule has 0 saturated carbocycles. The first-order chi connectivity index (χ1) is 16.0. The van der Waals surface area contributed by atoms with Crippen LogP contribution < -0.4 is 5.32 Å². The summed E-state index contributed by atoms with van der Waals surface area (Å²) in [5.41, 5.74) is -0.406. The number of nitro benzene ring substituents is 1. The first-order valence-corrected chi connectivity index (χ1v) is 12.0. The molecule has 34 heavy (non-hydrogen) atoms. The molecule has 182 valence electrons. The number of aryl methyl sites for hydroxylation is 1. The summed E-state index contributed by atoms with van der Waals surface area (Å²) >= 11 is 0. The number of benzene rings is 2. The van der Waals surface area contributed by atoms with Gasteiger partial charge in [0.25, 0.3) is 5.91 Å². The Morgan fingerprint density at radius 3 is 2.47 bits per heavy atom. The van der Waals surface area contributed by atoms with E-state index in [1.807, 2.05) is 0 Å². The van der Waals surface area contributed by atoms with Crippen molar-refractivity contribution in [3.63, 3.8) is 0 Å². The number of amides is 1. The third kappa shape index (κ3) is 5.57. The normalized spacial score (nSPS) is 15.4. The van der Waals surface area contributed by atoms with Crippen LogP contribution in [0, 0.1) is 22.9 Å². The molecule has 1 saturated heterocycles. The first-order valence-electron chi connectivity index (χ1n) is 10.6. The van der Waals surface area contributed by atoms with E-state index >= 15 is 0 Å². The van der Waals surface area contributed by atoms with Crippen LogP contribution in [-0.2, 0) is 19.6 Å². The van der Waals surface area contributed by atoms with Crippen molar-refractivity contribution in [3.8, 4) is 0 Å². The minimum absolute atomic E-state index is 0.00449. The highest BCUT2D eigenvalue weighted by atomic mass is 32.2. The van der Waals surface area contributed by atoms with Gasteiger partial charge in [-0.1, -0.05) is 12.5 Å². The predicted molar refractivity (Wildman–Crippen MR) is 120 cm³/mol. The maximum absolute atomic E-state index is 13.5. The second-order valence-electron chi connectivity index (χ2n) is 7.90. The summed E-state index contributed by atoms with van der Waals surface area (Å²) in [6.07, 6.45) is 1.18. The molecule has 1 heterocycles. The molecule has 1 aliphatic rings. The number of sulfonamides is 1. The molecule has 1 unspecified atom stereocenters. The molecule has 1 fully saturated rings. The highest BCUT2D eigenvalue weighted by molar-refractivity contribution is 7.89. The molecule has 3 rings (SSSR count). The average Bonchev–Trinajstić information content (AvgIpc) is 2.80. The third-order valence-corrected chi connectivity index (χ3v) is 7.34. The third-order valence-electron chi connectivity index (χ3n) is 5.45. The zero-order valence-electron chi connectivity index (χ0n) is 18.6. The van der Waals surface area contributed by atoms with Gasteiger partial charge in [0.2, 0.25) is 15.8 Å². The van der Waals surface area contributed by atoms with Gasteiger partial charge in [-0.15, -0.1) is 0 Å². The fourth-order valence-electron chi connectivity index (χ4n) is 3.49. The molecule has 2 aromatic rings. The Morgan fingerprint density at radius 2 is 1.82 bits per heavy atom. The highest BCUT2D eigenvalue weighted by Gasteiger charge is 2.28. The molecule has 0 spiro atoms. The van der Waals surface area contributed by atoms with E-state index in [2.05, 4.69) is 5.32 Å². The number of nitrogens with zero attached hydrogens (tertiary/aromatic N) is 2. The number of carbonyl (C=O) groups excluding carboxylic acids is 2. The van der Waals surface area contributed by atoms with E-state index < -0.39 is 44.4 Å². The second-order valence-corrected chi connectivity index (χ2v) is 9.84. The largest absolute Gasteiger partial charge is 0.449 e. The Kier molecular flexibility index (Phi) is 7.62. The highest BCUT2D eigenvalue weighted by Crippen LogP contribution is 2.24. The van der Waals surface area contributed by atoms with Crippen LogP contribution in [0.25, 0.3) is 0 Å². The van der Waals surface area contributed by atoms with Crippen molar-refractivity contribution in [1.82, 2.24) is 4.31 Å². The summed E-state index contributed by atoms with van der Waals surface area (Å²) in [6, 6.07) is 6.97. The topological polar surface area (TPSA) is 136 Å². The van der Waals surface area contributed by atoms with Gasteiger partial charge in [0, 0.05) is 24.8 Å². The van der Waals surface area contributed by atoms with Crippen molar-refractivity contribution in [3.05, 3.63) is 63.5 Å². The number of hydrogen-bond donors (Lipinski definition) is 1. The van der Waals surface area contributed by atoms with Crippen LogP contribution in [0.15, 0.2) is 41.3 Å². The molecular weight excluding hydrogens is 469 g/mol. The summed E-state index contributed by atoms with van der Waals surface area (Å²) in [6.45, 7) is 3.72. The van der Waals surface area contributed by atoms with Crippen molar-refractivity contribution in [2.45, 2.75) is 44.1 Å². The monoisotopic (exact) mass is 493 g/mol. The quantitative estimate of drug-likeness (QED) is 0.355. The molecule has 10 nitrogen and oxygen atoms in total. The summed E-state index contributed by atoms with van der Waals surface area (Å²) in [5.74, 6) is -2.76. The van der Waals surface area contributed by atoms with E-state index in [4.69, 9.17) is 4.74 Å². The van der Waals surface area contributed by atoms with E-state index in [1.165, 1.54) is 29.4 Å². The number of piperidine rings is 1. The summed E-state index contributed by atoms with van der Waals surface area (Å²) < 4.78 is 45.9. The fourth-order valence-corrected chi connectivity index (χ4v) is 5.03. The van der Waals surface area contributed by atoms with E-state index in [0.29, 0.717) is 18.7 Å². The first kappa shape index (κ1) is 25.2. The Labute approximate surface area is 195 Å². The summed E-state index contributed by atoms with van der Waals surface area (Å²) in [4.78, 5) is 35.0. The van der Waals surface area contributed by atoms with E-state index in [1.54, 1.807) is 6.92 Å². The number of halogens is 1. The predicted octanol–water partition coefficient (Wildman–Crippen LogP) is 3.40. The summed E-state index contributed by atoms with van der Waals surface area (Å²) in [7, 11) is -3.77. The molecular formula is C22H24FN3O7S. The van der Waals surface area contributed by atoms with Gasteiger partial charge >= 0.3 is 11.7 Å². The Bertz CT molecular complexity index is 1230. The number of hydrogen-bond acceptors (Lipinski definition) is 7. The zero-order valence-corrected chi connectivity index (χ0v) is 19.4. The van der Waals surface area contributed by atoms with E-state index in [0.717, 1.165) is 37.5 Å². The van der Waals surface area contributed by atoms with Crippen LogP contribution in [0.5, 0.6) is 0 Å². The number of esters is 1. The molecule has 1 atom stereocenters. The number of nitrogens with one attached hydrogen (secondary N) is 1. The van der Waals surface area contributed by atoms with Gasteiger partial charge < -0.3 is 10.1 Å². The van der Waals surface area contributed by atoms with Gasteiger partial charge in [-0.3, -0.25) is 14.9 Å². The maximum atomic E-state index is 13.5. The molecule has 0 aromatic heterocycles. The molecule has 1 N–H and O–H groups in total. The average molecular weight is 494 g/mol. The van der Waals surface area contributed by atoms with Gasteiger partial charge in [0.15, 0.2) is 6.10 Å². The van der Waals surface area contributed by atoms with Crippen molar-refractivity contribution >= 4 is 33.3 Å². The SMILES string of the molecule is Cc1ccc(S(=O)(=O)N2CCCCC2)cc1C(=O)OC(C)C(=O)Nc1ccc(F)c([N+](=O)[O-])c1. The van der Waals surface area contributed by atoms with Gasteiger partial charge in [0.05, 0.1) is 15.4 Å². The van der Waals surface area contributed by atoms with Crippen molar-refractivity contribution in [2.24, 2.45) is 0 Å². The van der Waals surface area contributed by atoms with Gasteiger partial charge in [-0.2, -0.15) is 8.70 Å². The Balaban J connectivity index is 1.73. The number of nitro groups is 1. The number of ether oxygens (including phenoxy) is 1. The minimum Gasteiger partial charge on any atom is -0.449 e. The van der Waals surface area contributed by atoms with Gasteiger partial charge in [-0.25, -0.2) is 13.2 Å². The maximum Gasteiger partial charge on any atom is 0.339 e. The van der Waals surface area contributed by atoms with Crippen LogP contribution in [0.2, 0.25) is 0 Å². The zero-order chi connectivity index (χ0) is 25.0. The van der Waals surface area contributed by atoms with Crippen LogP contribution >= 0.6 is 0 Å². The van der Waals surface area contributed by atoms with Crippen LogP contribution in [0.1, 0.15) is 42.1 Å².